The molecule has 1 aromatic rings. The number of amides is 2. The van der Waals surface area contributed by atoms with Crippen molar-refractivity contribution in [1.82, 2.24) is 10.2 Å². The zero-order valence-corrected chi connectivity index (χ0v) is 16.0. The summed E-state index contributed by atoms with van der Waals surface area (Å²) in [6.07, 6.45) is 3.64. The van der Waals surface area contributed by atoms with Gasteiger partial charge in [-0.1, -0.05) is 18.2 Å². The number of guanidine groups is 1. The third kappa shape index (κ3) is 5.13. The number of nitrogens with zero attached hydrogens (tertiary/aromatic N) is 2. The summed E-state index contributed by atoms with van der Waals surface area (Å²) in [7, 11) is 2.02. The number of carbonyl (C=O) groups is 1. The van der Waals surface area contributed by atoms with E-state index in [2.05, 4.69) is 27.0 Å². The lowest BCUT2D eigenvalue weighted by atomic mass is 10.1. The molecule has 2 rings (SSSR count). The van der Waals surface area contributed by atoms with Crippen molar-refractivity contribution in [3.05, 3.63) is 29.3 Å². The van der Waals surface area contributed by atoms with Crippen molar-refractivity contribution >= 4 is 30.1 Å². The Bertz CT molecular complexity index is 572. The maximum atomic E-state index is 12.5. The van der Waals surface area contributed by atoms with Gasteiger partial charge in [0.25, 0.3) is 0 Å². The van der Waals surface area contributed by atoms with Crippen LogP contribution in [0.4, 0.5) is 10.5 Å². The van der Waals surface area contributed by atoms with Gasteiger partial charge in [-0.2, -0.15) is 5.32 Å². The van der Waals surface area contributed by atoms with E-state index in [-0.39, 0.29) is 18.4 Å². The number of urea groups is 1. The van der Waals surface area contributed by atoms with Gasteiger partial charge < -0.3 is 0 Å². The lowest BCUT2D eigenvalue weighted by Gasteiger charge is -2.22. The number of carbonyl (C=O) groups excluding carboxylic acids is 1. The third-order valence-electron chi connectivity index (χ3n) is 4.44. The smallest absolute Gasteiger partial charge is 0.294 e. The molecule has 0 spiro atoms. The Morgan fingerprint density at radius 2 is 1.75 bits per heavy atom. The Kier molecular flexibility index (Phi) is 8.05. The number of hydrogen-bond acceptors (Lipinski definition) is 1. The summed E-state index contributed by atoms with van der Waals surface area (Å²) in [5.41, 5.74) is 3.04. The SMILES string of the molecule is CCN(C)C(NC(=O)Nc1c(C)cccc1C)=[N+]1CCCCC1.Cl. The number of hydrogen-bond donors (Lipinski definition) is 2. The fourth-order valence-electron chi connectivity index (χ4n) is 2.93. The number of aryl methyl sites for hydroxylation is 2. The maximum Gasteiger partial charge on any atom is 0.384 e. The quantitative estimate of drug-likeness (QED) is 0.632. The van der Waals surface area contributed by atoms with Crippen molar-refractivity contribution < 1.29 is 9.37 Å². The minimum atomic E-state index is -0.178. The van der Waals surface area contributed by atoms with Gasteiger partial charge in [-0.25, -0.2) is 4.79 Å². The highest BCUT2D eigenvalue weighted by molar-refractivity contribution is 6.01. The summed E-state index contributed by atoms with van der Waals surface area (Å²) in [6, 6.07) is 5.85. The fraction of sp³-hybridized carbons (Fsp3) is 0.556. The average Bonchev–Trinajstić information content (AvgIpc) is 2.56. The molecule has 5 nitrogen and oxygen atoms in total. The molecule has 0 aromatic heterocycles. The molecular formula is C18H30ClN4O+. The highest BCUT2D eigenvalue weighted by Gasteiger charge is 2.23. The second kappa shape index (κ2) is 9.52. The lowest BCUT2D eigenvalue weighted by molar-refractivity contribution is -0.543. The monoisotopic (exact) mass is 353 g/mol. The first-order valence-corrected chi connectivity index (χ1v) is 8.50. The van der Waals surface area contributed by atoms with Crippen LogP contribution < -0.4 is 10.6 Å². The predicted molar refractivity (Wildman–Crippen MR) is 102 cm³/mol. The maximum absolute atomic E-state index is 12.5. The van der Waals surface area contributed by atoms with Crippen LogP contribution in [0.25, 0.3) is 0 Å². The molecule has 2 N–H and O–H groups in total. The molecule has 1 aromatic carbocycles. The molecule has 2 amide bonds. The van der Waals surface area contributed by atoms with E-state index in [0.717, 1.165) is 42.4 Å². The summed E-state index contributed by atoms with van der Waals surface area (Å²) in [4.78, 5) is 14.6. The second-order valence-electron chi connectivity index (χ2n) is 6.23. The summed E-state index contributed by atoms with van der Waals surface area (Å²) in [5.74, 6) is 0.899. The van der Waals surface area contributed by atoms with E-state index in [1.807, 2.05) is 39.1 Å². The Labute approximate surface area is 151 Å². The molecule has 0 unspecified atom stereocenters. The van der Waals surface area contributed by atoms with E-state index in [4.69, 9.17) is 0 Å². The van der Waals surface area contributed by atoms with Crippen LogP contribution in [0.2, 0.25) is 0 Å². The van der Waals surface area contributed by atoms with Gasteiger partial charge in [0.05, 0.1) is 26.7 Å². The molecule has 6 heteroatoms. The van der Waals surface area contributed by atoms with E-state index in [0.29, 0.717) is 0 Å². The van der Waals surface area contributed by atoms with Crippen LogP contribution in [0.15, 0.2) is 18.2 Å². The van der Waals surface area contributed by atoms with Gasteiger partial charge in [0.2, 0.25) is 0 Å². The average molecular weight is 354 g/mol. The lowest BCUT2D eigenvalue weighted by Crippen LogP contribution is -2.50. The van der Waals surface area contributed by atoms with Gasteiger partial charge in [-0.15, -0.1) is 12.4 Å². The van der Waals surface area contributed by atoms with E-state index < -0.39 is 0 Å². The fourth-order valence-corrected chi connectivity index (χ4v) is 2.93. The number of halogens is 1. The molecule has 1 aliphatic heterocycles. The molecule has 0 aliphatic carbocycles. The van der Waals surface area contributed by atoms with Gasteiger partial charge in [0.1, 0.15) is 0 Å². The first-order valence-electron chi connectivity index (χ1n) is 8.50. The van der Waals surface area contributed by atoms with Crippen LogP contribution in [-0.4, -0.2) is 48.1 Å². The number of piperidine rings is 1. The number of para-hydroxylation sites is 1. The molecule has 1 saturated heterocycles. The Balaban J connectivity index is 0.00000288. The summed E-state index contributed by atoms with van der Waals surface area (Å²) in [6.45, 7) is 8.98. The van der Waals surface area contributed by atoms with Crippen LogP contribution in [0.5, 0.6) is 0 Å². The van der Waals surface area contributed by atoms with Crippen LogP contribution in [0.3, 0.4) is 0 Å². The van der Waals surface area contributed by atoms with Gasteiger partial charge in [0, 0.05) is 5.69 Å². The van der Waals surface area contributed by atoms with Crippen LogP contribution in [-0.2, 0) is 0 Å². The summed E-state index contributed by atoms with van der Waals surface area (Å²) >= 11 is 0. The van der Waals surface area contributed by atoms with Crippen molar-refractivity contribution in [1.29, 1.82) is 0 Å². The van der Waals surface area contributed by atoms with Crippen molar-refractivity contribution in [2.75, 3.05) is 32.0 Å². The highest BCUT2D eigenvalue weighted by atomic mass is 35.5. The first-order chi connectivity index (χ1) is 11.0. The number of anilines is 1. The summed E-state index contributed by atoms with van der Waals surface area (Å²) < 4.78 is 2.28. The number of rotatable bonds is 2. The Morgan fingerprint density at radius 1 is 1.17 bits per heavy atom. The highest BCUT2D eigenvalue weighted by Crippen LogP contribution is 2.19. The molecule has 1 heterocycles. The molecule has 134 valence electrons. The van der Waals surface area contributed by atoms with E-state index in [1.165, 1.54) is 19.3 Å². The molecule has 0 radical (unpaired) electrons. The second-order valence-corrected chi connectivity index (χ2v) is 6.23. The van der Waals surface area contributed by atoms with Crippen LogP contribution in [0.1, 0.15) is 37.3 Å². The zero-order chi connectivity index (χ0) is 16.8. The van der Waals surface area contributed by atoms with Gasteiger partial charge in [0.15, 0.2) is 0 Å². The van der Waals surface area contributed by atoms with E-state index >= 15 is 0 Å². The first kappa shape index (κ1) is 20.3. The van der Waals surface area contributed by atoms with Crippen molar-refractivity contribution in [2.24, 2.45) is 0 Å². The molecule has 24 heavy (non-hydrogen) atoms. The Morgan fingerprint density at radius 3 is 2.29 bits per heavy atom. The molecular weight excluding hydrogens is 324 g/mol. The minimum Gasteiger partial charge on any atom is -0.294 e. The summed E-state index contributed by atoms with van der Waals surface area (Å²) in [5, 5.41) is 6.06. The molecule has 0 atom stereocenters. The number of benzene rings is 1. The molecule has 1 aliphatic rings. The third-order valence-corrected chi connectivity index (χ3v) is 4.44. The van der Waals surface area contributed by atoms with Crippen molar-refractivity contribution in [3.8, 4) is 0 Å². The molecule has 0 saturated carbocycles. The molecule has 0 bridgehead atoms. The number of nitrogens with one attached hydrogen (secondary N) is 2. The van der Waals surface area contributed by atoms with Crippen molar-refractivity contribution in [2.45, 2.75) is 40.0 Å². The molecule has 1 fully saturated rings. The standard InChI is InChI=1S/C18H28N4O.ClH/c1-5-21(4)18(22-12-7-6-8-13-22)20-17(23)19-16-14(2)10-9-11-15(16)3;/h9-11H,5-8,12-13H2,1-4H3,(H,19,23);1H/p+1. The van der Waals surface area contributed by atoms with Crippen LogP contribution >= 0.6 is 12.4 Å². The predicted octanol–water partition coefficient (Wildman–Crippen LogP) is 3.35. The minimum absolute atomic E-state index is 0. The van der Waals surface area contributed by atoms with Gasteiger partial charge in [-0.3, -0.25) is 14.8 Å². The topological polar surface area (TPSA) is 47.4 Å². The zero-order valence-electron chi connectivity index (χ0n) is 15.2. The van der Waals surface area contributed by atoms with E-state index in [9.17, 15) is 4.79 Å². The van der Waals surface area contributed by atoms with E-state index in [1.54, 1.807) is 0 Å². The van der Waals surface area contributed by atoms with Gasteiger partial charge >= 0.3 is 12.0 Å². The van der Waals surface area contributed by atoms with Crippen LogP contribution in [0, 0.1) is 13.8 Å². The normalized spacial score (nSPS) is 13.8. The van der Waals surface area contributed by atoms with Crippen molar-refractivity contribution in [3.63, 3.8) is 0 Å². The largest absolute Gasteiger partial charge is 0.384 e. The Hall–Kier alpha value is -1.75. The van der Waals surface area contributed by atoms with Gasteiger partial charge in [-0.05, 0) is 51.2 Å².